The van der Waals surface area contributed by atoms with Crippen LogP contribution in [0, 0.1) is 0 Å². The summed E-state index contributed by atoms with van der Waals surface area (Å²) in [5.74, 6) is 0.981. The summed E-state index contributed by atoms with van der Waals surface area (Å²) in [5.41, 5.74) is 2.82. The Morgan fingerprint density at radius 2 is 1.80 bits per heavy atom. The molecule has 0 unspecified atom stereocenters. The zero-order valence-corrected chi connectivity index (χ0v) is 18.1. The van der Waals surface area contributed by atoms with Gasteiger partial charge in [-0.25, -0.2) is 4.98 Å². The number of carbonyl (C=O) groups excluding carboxylic acids is 1. The van der Waals surface area contributed by atoms with E-state index in [1.54, 1.807) is 18.0 Å². The second-order valence-corrected chi connectivity index (χ2v) is 7.78. The van der Waals surface area contributed by atoms with Crippen LogP contribution in [-0.4, -0.2) is 59.4 Å². The number of carbonyl (C=O) groups is 1. The van der Waals surface area contributed by atoms with Crippen LogP contribution in [0.2, 0.25) is 0 Å². The lowest BCUT2D eigenvalue weighted by atomic mass is 10.1. The third-order valence-electron chi connectivity index (χ3n) is 5.25. The minimum atomic E-state index is 0.0787. The summed E-state index contributed by atoms with van der Waals surface area (Å²) in [6.07, 6.45) is 5.72. The number of anilines is 1. The van der Waals surface area contributed by atoms with Gasteiger partial charge in [0.2, 0.25) is 0 Å². The third kappa shape index (κ3) is 4.16. The molecule has 1 aliphatic heterocycles. The van der Waals surface area contributed by atoms with E-state index in [2.05, 4.69) is 16.0 Å². The number of thioether (sulfide) groups is 1. The van der Waals surface area contributed by atoms with E-state index in [1.807, 2.05) is 71.3 Å². The second kappa shape index (κ2) is 9.26. The van der Waals surface area contributed by atoms with Crippen molar-refractivity contribution in [2.75, 3.05) is 43.9 Å². The minimum absolute atomic E-state index is 0.0787. The normalized spacial score (nSPS) is 14.1. The van der Waals surface area contributed by atoms with Crippen LogP contribution in [0.3, 0.4) is 0 Å². The largest absolute Gasteiger partial charge is 0.492 e. The van der Waals surface area contributed by atoms with Crippen LogP contribution >= 0.6 is 11.8 Å². The molecule has 1 amide bonds. The van der Waals surface area contributed by atoms with Crippen molar-refractivity contribution in [1.29, 1.82) is 0 Å². The summed E-state index contributed by atoms with van der Waals surface area (Å²) >= 11 is 1.60. The van der Waals surface area contributed by atoms with E-state index in [0.717, 1.165) is 35.4 Å². The number of hydrogen-bond donors (Lipinski definition) is 0. The third-order valence-corrected chi connectivity index (χ3v) is 5.92. The highest BCUT2D eigenvalue weighted by atomic mass is 32.2. The fourth-order valence-corrected chi connectivity index (χ4v) is 4.26. The molecule has 1 aliphatic rings. The van der Waals surface area contributed by atoms with Crippen LogP contribution in [0.15, 0.2) is 66.1 Å². The minimum Gasteiger partial charge on any atom is -0.492 e. The molecule has 3 aromatic rings. The summed E-state index contributed by atoms with van der Waals surface area (Å²) in [7, 11) is 0. The van der Waals surface area contributed by atoms with Gasteiger partial charge in [-0.1, -0.05) is 23.9 Å². The van der Waals surface area contributed by atoms with Gasteiger partial charge in [0.1, 0.15) is 5.75 Å². The van der Waals surface area contributed by atoms with Crippen molar-refractivity contribution in [3.63, 3.8) is 0 Å². The Morgan fingerprint density at radius 3 is 2.50 bits per heavy atom. The molecule has 1 fully saturated rings. The molecule has 7 heteroatoms. The maximum Gasteiger partial charge on any atom is 0.253 e. The number of aromatic nitrogens is 2. The number of imidazole rings is 1. The molecule has 1 saturated heterocycles. The topological polar surface area (TPSA) is 50.6 Å². The SMILES string of the molecule is CCOc1ccccc1N1CCN(C(=O)c2ccc(-n3ccnc3SC)cc2)CC1. The number of amides is 1. The van der Waals surface area contributed by atoms with Gasteiger partial charge < -0.3 is 14.5 Å². The Balaban J connectivity index is 1.41. The summed E-state index contributed by atoms with van der Waals surface area (Å²) in [5, 5.41) is 0.928. The number of hydrogen-bond acceptors (Lipinski definition) is 5. The van der Waals surface area contributed by atoms with Gasteiger partial charge in [0.15, 0.2) is 5.16 Å². The Bertz CT molecular complexity index is 994. The molecule has 1 aromatic heterocycles. The lowest BCUT2D eigenvalue weighted by molar-refractivity contribution is 0.0746. The molecule has 0 radical (unpaired) electrons. The Kier molecular flexibility index (Phi) is 6.28. The summed E-state index contributed by atoms with van der Waals surface area (Å²) in [4.78, 5) is 21.5. The quantitative estimate of drug-likeness (QED) is 0.563. The average molecular weight is 423 g/mol. The van der Waals surface area contributed by atoms with Gasteiger partial charge >= 0.3 is 0 Å². The number of benzene rings is 2. The second-order valence-electron chi connectivity index (χ2n) is 7.01. The van der Waals surface area contributed by atoms with Crippen molar-refractivity contribution in [2.45, 2.75) is 12.1 Å². The van der Waals surface area contributed by atoms with Crippen molar-refractivity contribution >= 4 is 23.4 Å². The first-order chi connectivity index (χ1) is 14.7. The summed E-state index contributed by atoms with van der Waals surface area (Å²) in [6.45, 7) is 5.61. The molecule has 0 atom stereocenters. The number of para-hydroxylation sites is 2. The van der Waals surface area contributed by atoms with E-state index in [1.165, 1.54) is 0 Å². The molecule has 2 aromatic carbocycles. The first kappa shape index (κ1) is 20.3. The summed E-state index contributed by atoms with van der Waals surface area (Å²) < 4.78 is 7.78. The van der Waals surface area contributed by atoms with Crippen LogP contribution in [-0.2, 0) is 0 Å². The smallest absolute Gasteiger partial charge is 0.253 e. The molecule has 30 heavy (non-hydrogen) atoms. The lowest BCUT2D eigenvalue weighted by Crippen LogP contribution is -2.48. The van der Waals surface area contributed by atoms with Crippen molar-refractivity contribution in [3.8, 4) is 11.4 Å². The molecule has 0 saturated carbocycles. The van der Waals surface area contributed by atoms with E-state index >= 15 is 0 Å². The van der Waals surface area contributed by atoms with Crippen LogP contribution in [0.1, 0.15) is 17.3 Å². The monoisotopic (exact) mass is 422 g/mol. The van der Waals surface area contributed by atoms with Crippen molar-refractivity contribution < 1.29 is 9.53 Å². The Hall–Kier alpha value is -2.93. The van der Waals surface area contributed by atoms with E-state index in [-0.39, 0.29) is 5.91 Å². The van der Waals surface area contributed by atoms with Gasteiger partial charge in [0.05, 0.1) is 12.3 Å². The fraction of sp³-hybridized carbons (Fsp3) is 0.304. The van der Waals surface area contributed by atoms with Crippen LogP contribution in [0.5, 0.6) is 5.75 Å². The zero-order valence-electron chi connectivity index (χ0n) is 17.3. The number of nitrogens with zero attached hydrogens (tertiary/aromatic N) is 4. The summed E-state index contributed by atoms with van der Waals surface area (Å²) in [6, 6.07) is 15.9. The maximum absolute atomic E-state index is 13.0. The van der Waals surface area contributed by atoms with E-state index in [4.69, 9.17) is 4.74 Å². The highest BCUT2D eigenvalue weighted by Crippen LogP contribution is 2.29. The van der Waals surface area contributed by atoms with Gasteiger partial charge in [-0.2, -0.15) is 0 Å². The molecule has 6 nitrogen and oxygen atoms in total. The maximum atomic E-state index is 13.0. The molecule has 0 bridgehead atoms. The van der Waals surface area contributed by atoms with E-state index in [9.17, 15) is 4.79 Å². The first-order valence-corrected chi connectivity index (χ1v) is 11.4. The highest BCUT2D eigenvalue weighted by molar-refractivity contribution is 7.98. The molecule has 156 valence electrons. The van der Waals surface area contributed by atoms with Gasteiger partial charge in [0, 0.05) is 49.8 Å². The number of piperazine rings is 1. The lowest BCUT2D eigenvalue weighted by Gasteiger charge is -2.36. The molecule has 2 heterocycles. The van der Waals surface area contributed by atoms with Crippen LogP contribution in [0.25, 0.3) is 5.69 Å². The Labute approximate surface area is 181 Å². The first-order valence-electron chi connectivity index (χ1n) is 10.1. The predicted octanol–water partition coefficient (Wildman–Crippen LogP) is 3.96. The predicted molar refractivity (Wildman–Crippen MR) is 121 cm³/mol. The number of ether oxygens (including phenoxy) is 1. The van der Waals surface area contributed by atoms with Gasteiger partial charge in [-0.3, -0.25) is 9.36 Å². The zero-order chi connectivity index (χ0) is 20.9. The Morgan fingerprint density at radius 1 is 1.07 bits per heavy atom. The highest BCUT2D eigenvalue weighted by Gasteiger charge is 2.23. The molecule has 4 rings (SSSR count). The van der Waals surface area contributed by atoms with Crippen molar-refractivity contribution in [3.05, 3.63) is 66.5 Å². The van der Waals surface area contributed by atoms with Gasteiger partial charge in [0.25, 0.3) is 5.91 Å². The standard InChI is InChI=1S/C23H26N4O2S/c1-3-29-21-7-5-4-6-20(21)25-14-16-26(17-15-25)22(28)18-8-10-19(11-9-18)27-13-12-24-23(27)30-2/h4-13H,3,14-17H2,1-2H3. The van der Waals surface area contributed by atoms with Gasteiger partial charge in [-0.05, 0) is 49.6 Å². The molecule has 0 aliphatic carbocycles. The molecular weight excluding hydrogens is 396 g/mol. The van der Waals surface area contributed by atoms with Gasteiger partial charge in [-0.15, -0.1) is 0 Å². The molecular formula is C23H26N4O2S. The van der Waals surface area contributed by atoms with E-state index < -0.39 is 0 Å². The average Bonchev–Trinajstić information content (AvgIpc) is 3.28. The molecule has 0 N–H and O–H groups in total. The van der Waals surface area contributed by atoms with Crippen molar-refractivity contribution in [2.24, 2.45) is 0 Å². The van der Waals surface area contributed by atoms with Crippen molar-refractivity contribution in [1.82, 2.24) is 14.5 Å². The van der Waals surface area contributed by atoms with E-state index in [0.29, 0.717) is 25.3 Å². The molecule has 0 spiro atoms. The van der Waals surface area contributed by atoms with Crippen LogP contribution in [0.4, 0.5) is 5.69 Å². The van der Waals surface area contributed by atoms with Crippen LogP contribution < -0.4 is 9.64 Å². The fourth-order valence-electron chi connectivity index (χ4n) is 3.73. The number of rotatable bonds is 6.